The minimum Gasteiger partial charge on any atom is -0.396 e. The zero-order valence-electron chi connectivity index (χ0n) is 12.7. The highest BCUT2D eigenvalue weighted by atomic mass is 16.5. The van der Waals surface area contributed by atoms with Gasteiger partial charge in [0.05, 0.1) is 6.04 Å². The van der Waals surface area contributed by atoms with Crippen molar-refractivity contribution in [2.24, 2.45) is 11.8 Å². The summed E-state index contributed by atoms with van der Waals surface area (Å²) in [5.41, 5.74) is 0. The second-order valence-electron chi connectivity index (χ2n) is 6.10. The van der Waals surface area contributed by atoms with Crippen molar-refractivity contribution in [2.75, 3.05) is 33.4 Å². The standard InChI is InChI=1S/C15H26N2O4/c1-21-10-14(19)16-13-8-17(7-6-12(13)9-18)15(20)11-4-2-3-5-11/h11-13,18H,2-10H2,1H3,(H,16,19)/t12-,13-/m1/s1. The van der Waals surface area contributed by atoms with E-state index >= 15 is 0 Å². The summed E-state index contributed by atoms with van der Waals surface area (Å²) >= 11 is 0. The summed E-state index contributed by atoms with van der Waals surface area (Å²) in [5.74, 6) is 0.190. The molecule has 0 radical (unpaired) electrons. The van der Waals surface area contributed by atoms with E-state index in [-0.39, 0.29) is 42.9 Å². The second kappa shape index (κ2) is 7.75. The third-order valence-electron chi connectivity index (χ3n) is 4.63. The van der Waals surface area contributed by atoms with Gasteiger partial charge in [-0.15, -0.1) is 0 Å². The molecule has 0 spiro atoms. The third-order valence-corrected chi connectivity index (χ3v) is 4.63. The molecule has 2 amide bonds. The topological polar surface area (TPSA) is 78.9 Å². The zero-order chi connectivity index (χ0) is 15.2. The van der Waals surface area contributed by atoms with Gasteiger partial charge in [-0.05, 0) is 19.3 Å². The van der Waals surface area contributed by atoms with Crippen LogP contribution in [0.25, 0.3) is 0 Å². The van der Waals surface area contributed by atoms with Crippen LogP contribution in [0.2, 0.25) is 0 Å². The number of nitrogens with zero attached hydrogens (tertiary/aromatic N) is 1. The van der Waals surface area contributed by atoms with E-state index in [9.17, 15) is 14.7 Å². The average molecular weight is 298 g/mol. The van der Waals surface area contributed by atoms with E-state index in [0.717, 1.165) is 32.1 Å². The van der Waals surface area contributed by atoms with Gasteiger partial charge < -0.3 is 20.1 Å². The van der Waals surface area contributed by atoms with E-state index in [2.05, 4.69) is 5.32 Å². The van der Waals surface area contributed by atoms with E-state index in [1.165, 1.54) is 7.11 Å². The van der Waals surface area contributed by atoms with E-state index in [0.29, 0.717) is 13.1 Å². The van der Waals surface area contributed by atoms with Gasteiger partial charge >= 0.3 is 0 Å². The molecule has 0 bridgehead atoms. The molecule has 6 nitrogen and oxygen atoms in total. The highest BCUT2D eigenvalue weighted by Crippen LogP contribution is 2.28. The first-order chi connectivity index (χ1) is 10.2. The van der Waals surface area contributed by atoms with Crippen LogP contribution in [0.15, 0.2) is 0 Å². The Balaban J connectivity index is 1.93. The fraction of sp³-hybridized carbons (Fsp3) is 0.867. The second-order valence-corrected chi connectivity index (χ2v) is 6.10. The van der Waals surface area contributed by atoms with Crippen LogP contribution in [-0.4, -0.2) is 61.3 Å². The summed E-state index contributed by atoms with van der Waals surface area (Å²) < 4.78 is 4.81. The van der Waals surface area contributed by atoms with Gasteiger partial charge in [-0.25, -0.2) is 0 Å². The van der Waals surface area contributed by atoms with Crippen molar-refractivity contribution in [3.63, 3.8) is 0 Å². The number of carbonyl (C=O) groups is 2. The molecule has 0 aromatic heterocycles. The monoisotopic (exact) mass is 298 g/mol. The van der Waals surface area contributed by atoms with Crippen molar-refractivity contribution in [1.29, 1.82) is 0 Å². The molecule has 1 saturated heterocycles. The fourth-order valence-electron chi connectivity index (χ4n) is 3.39. The molecule has 1 heterocycles. The molecule has 2 aliphatic rings. The number of hydrogen-bond acceptors (Lipinski definition) is 4. The van der Waals surface area contributed by atoms with Crippen molar-refractivity contribution in [1.82, 2.24) is 10.2 Å². The van der Waals surface area contributed by atoms with Gasteiger partial charge in [-0.3, -0.25) is 9.59 Å². The molecule has 2 fully saturated rings. The van der Waals surface area contributed by atoms with Crippen molar-refractivity contribution >= 4 is 11.8 Å². The predicted molar refractivity (Wildman–Crippen MR) is 77.5 cm³/mol. The largest absolute Gasteiger partial charge is 0.396 e. The minimum atomic E-state index is -0.198. The number of methoxy groups -OCH3 is 1. The fourth-order valence-corrected chi connectivity index (χ4v) is 3.39. The number of aliphatic hydroxyl groups excluding tert-OH is 1. The Bertz CT molecular complexity index is 369. The maximum Gasteiger partial charge on any atom is 0.246 e. The SMILES string of the molecule is COCC(=O)N[C@@H]1CN(C(=O)C2CCCC2)CC[C@@H]1CO. The number of amides is 2. The molecule has 0 aromatic carbocycles. The van der Waals surface area contributed by atoms with Crippen molar-refractivity contribution in [3.05, 3.63) is 0 Å². The maximum atomic E-state index is 12.5. The molecule has 21 heavy (non-hydrogen) atoms. The maximum absolute atomic E-state index is 12.5. The Morgan fingerprint density at radius 3 is 2.62 bits per heavy atom. The van der Waals surface area contributed by atoms with Gasteiger partial charge in [0.2, 0.25) is 11.8 Å². The third kappa shape index (κ3) is 4.17. The Kier molecular flexibility index (Phi) is 5.99. The van der Waals surface area contributed by atoms with E-state index in [1.54, 1.807) is 0 Å². The number of aliphatic hydroxyl groups is 1. The van der Waals surface area contributed by atoms with Gasteiger partial charge in [-0.1, -0.05) is 12.8 Å². The first kappa shape index (κ1) is 16.2. The van der Waals surface area contributed by atoms with E-state index in [4.69, 9.17) is 4.74 Å². The Morgan fingerprint density at radius 1 is 1.29 bits per heavy atom. The van der Waals surface area contributed by atoms with Crippen molar-refractivity contribution in [2.45, 2.75) is 38.1 Å². The molecule has 1 aliphatic carbocycles. The summed E-state index contributed by atoms with van der Waals surface area (Å²) in [6.45, 7) is 1.21. The summed E-state index contributed by atoms with van der Waals surface area (Å²) in [5, 5.41) is 12.3. The molecule has 2 atom stereocenters. The Hall–Kier alpha value is -1.14. The number of likely N-dealkylation sites (tertiary alicyclic amines) is 1. The van der Waals surface area contributed by atoms with Crippen LogP contribution in [0.3, 0.4) is 0 Å². The van der Waals surface area contributed by atoms with Crippen molar-refractivity contribution < 1.29 is 19.4 Å². The number of rotatable bonds is 5. The van der Waals surface area contributed by atoms with E-state index < -0.39 is 0 Å². The lowest BCUT2D eigenvalue weighted by Crippen LogP contribution is -2.56. The van der Waals surface area contributed by atoms with Crippen LogP contribution in [0.1, 0.15) is 32.1 Å². The van der Waals surface area contributed by atoms with Gasteiger partial charge in [0.15, 0.2) is 0 Å². The number of hydrogen-bond donors (Lipinski definition) is 2. The summed E-state index contributed by atoms with van der Waals surface area (Å²) in [6, 6.07) is -0.184. The quantitative estimate of drug-likeness (QED) is 0.757. The lowest BCUT2D eigenvalue weighted by atomic mass is 9.91. The zero-order valence-corrected chi connectivity index (χ0v) is 12.7. The van der Waals surface area contributed by atoms with Gasteiger partial charge in [0, 0.05) is 38.6 Å². The molecule has 2 rings (SSSR count). The van der Waals surface area contributed by atoms with Crippen LogP contribution in [0.4, 0.5) is 0 Å². The van der Waals surface area contributed by atoms with E-state index in [1.807, 2.05) is 4.90 Å². The molecule has 1 aliphatic heterocycles. The molecule has 120 valence electrons. The van der Waals surface area contributed by atoms with Crippen molar-refractivity contribution in [3.8, 4) is 0 Å². The highest BCUT2D eigenvalue weighted by Gasteiger charge is 2.35. The predicted octanol–water partition coefficient (Wildman–Crippen LogP) is 0.149. The minimum absolute atomic E-state index is 0.00518. The molecule has 0 aromatic rings. The van der Waals surface area contributed by atoms with Crippen LogP contribution in [0.5, 0.6) is 0 Å². The van der Waals surface area contributed by atoms with Gasteiger partial charge in [-0.2, -0.15) is 0 Å². The first-order valence-corrected chi connectivity index (χ1v) is 7.83. The first-order valence-electron chi connectivity index (χ1n) is 7.83. The number of carbonyl (C=O) groups excluding carboxylic acids is 2. The molecule has 6 heteroatoms. The molecule has 1 saturated carbocycles. The highest BCUT2D eigenvalue weighted by molar-refractivity contribution is 5.80. The Labute approximate surface area is 125 Å². The lowest BCUT2D eigenvalue weighted by Gasteiger charge is -2.39. The molecule has 0 unspecified atom stereocenters. The van der Waals surface area contributed by atoms with Gasteiger partial charge in [0.1, 0.15) is 6.61 Å². The smallest absolute Gasteiger partial charge is 0.246 e. The average Bonchev–Trinajstić information content (AvgIpc) is 3.01. The number of nitrogens with one attached hydrogen (secondary N) is 1. The normalized spacial score (nSPS) is 26.9. The van der Waals surface area contributed by atoms with Crippen LogP contribution in [0, 0.1) is 11.8 Å². The number of ether oxygens (including phenoxy) is 1. The van der Waals surface area contributed by atoms with Crippen LogP contribution in [-0.2, 0) is 14.3 Å². The van der Waals surface area contributed by atoms with Crippen LogP contribution < -0.4 is 5.32 Å². The lowest BCUT2D eigenvalue weighted by molar-refractivity contribution is -0.139. The summed E-state index contributed by atoms with van der Waals surface area (Å²) in [7, 11) is 1.47. The summed E-state index contributed by atoms with van der Waals surface area (Å²) in [6.07, 6.45) is 4.97. The molecular weight excluding hydrogens is 272 g/mol. The Morgan fingerprint density at radius 2 is 2.00 bits per heavy atom. The van der Waals surface area contributed by atoms with Crippen LogP contribution >= 0.6 is 0 Å². The van der Waals surface area contributed by atoms with Gasteiger partial charge in [0.25, 0.3) is 0 Å². The molecule has 2 N–H and O–H groups in total. The molecular formula is C15H26N2O4. The number of piperidine rings is 1. The summed E-state index contributed by atoms with van der Waals surface area (Å²) in [4.78, 5) is 26.0.